The van der Waals surface area contributed by atoms with Crippen LogP contribution < -0.4 is 10.2 Å². The van der Waals surface area contributed by atoms with Crippen molar-refractivity contribution in [3.63, 3.8) is 0 Å². The summed E-state index contributed by atoms with van der Waals surface area (Å²) in [6, 6.07) is 5.03. The third-order valence-corrected chi connectivity index (χ3v) is 4.38. The maximum Gasteiger partial charge on any atom is 0.253 e. The number of nitrogens with one attached hydrogen (secondary N) is 1. The van der Waals surface area contributed by atoms with Crippen LogP contribution in [0.15, 0.2) is 22.6 Å². The van der Waals surface area contributed by atoms with Crippen LogP contribution in [0.25, 0.3) is 0 Å². The van der Waals surface area contributed by atoms with Gasteiger partial charge in [-0.25, -0.2) is 4.98 Å². The molecule has 24 heavy (non-hydrogen) atoms. The highest BCUT2D eigenvalue weighted by atomic mass is 35.5. The zero-order valence-corrected chi connectivity index (χ0v) is 14.3. The second kappa shape index (κ2) is 6.65. The molecule has 0 saturated carbocycles. The van der Waals surface area contributed by atoms with E-state index in [1.807, 2.05) is 13.8 Å². The number of nitrogens with zero attached hydrogens (tertiary/aromatic N) is 2. The second-order valence-electron chi connectivity index (χ2n) is 5.74. The largest absolute Gasteiger partial charge is 0.444 e. The fourth-order valence-electron chi connectivity index (χ4n) is 2.64. The highest BCUT2D eigenvalue weighted by Gasteiger charge is 2.23. The molecular formula is C17H18ClN3O3. The first-order valence-electron chi connectivity index (χ1n) is 7.76. The summed E-state index contributed by atoms with van der Waals surface area (Å²) in [7, 11) is 0. The molecule has 7 heteroatoms. The Kier molecular flexibility index (Phi) is 4.57. The minimum absolute atomic E-state index is 0.0643. The summed E-state index contributed by atoms with van der Waals surface area (Å²) in [6.45, 7) is 4.51. The van der Waals surface area contributed by atoms with Crippen LogP contribution >= 0.6 is 11.6 Å². The van der Waals surface area contributed by atoms with Crippen molar-refractivity contribution in [1.29, 1.82) is 0 Å². The van der Waals surface area contributed by atoms with E-state index in [1.165, 1.54) is 0 Å². The van der Waals surface area contributed by atoms with Gasteiger partial charge in [0.1, 0.15) is 5.76 Å². The average Bonchev–Trinajstić information content (AvgIpc) is 3.11. The standard InChI is InChI=1S/C17H18ClN3O3/c1-10-11(2)24-15(20-10)9-19-17(23)13-8-12(5-6-14(13)18)21-7-3-4-16(21)22/h5-6,8H,3-4,7,9H2,1-2H3,(H,19,23). The molecule has 0 aliphatic carbocycles. The van der Waals surface area contributed by atoms with E-state index in [4.69, 9.17) is 16.0 Å². The number of halogens is 1. The lowest BCUT2D eigenvalue weighted by molar-refractivity contribution is -0.117. The Morgan fingerprint density at radius 2 is 2.21 bits per heavy atom. The number of aryl methyl sites for hydroxylation is 2. The molecule has 0 unspecified atom stereocenters. The molecule has 0 atom stereocenters. The van der Waals surface area contributed by atoms with Crippen molar-refractivity contribution in [3.8, 4) is 0 Å². The molecule has 0 bridgehead atoms. The molecule has 1 aliphatic rings. The van der Waals surface area contributed by atoms with Crippen LogP contribution in [-0.4, -0.2) is 23.3 Å². The fraction of sp³-hybridized carbons (Fsp3) is 0.353. The summed E-state index contributed by atoms with van der Waals surface area (Å²) < 4.78 is 5.44. The summed E-state index contributed by atoms with van der Waals surface area (Å²) in [5, 5.41) is 3.08. The Morgan fingerprint density at radius 1 is 1.42 bits per heavy atom. The lowest BCUT2D eigenvalue weighted by Crippen LogP contribution is -2.26. The van der Waals surface area contributed by atoms with Gasteiger partial charge >= 0.3 is 0 Å². The number of hydrogen-bond acceptors (Lipinski definition) is 4. The zero-order chi connectivity index (χ0) is 17.3. The quantitative estimate of drug-likeness (QED) is 0.922. The average molecular weight is 348 g/mol. The van der Waals surface area contributed by atoms with Crippen LogP contribution in [0.3, 0.4) is 0 Å². The second-order valence-corrected chi connectivity index (χ2v) is 6.15. The molecular weight excluding hydrogens is 330 g/mol. The van der Waals surface area contributed by atoms with Gasteiger partial charge in [-0.3, -0.25) is 9.59 Å². The number of carbonyl (C=O) groups excluding carboxylic acids is 2. The fourth-order valence-corrected chi connectivity index (χ4v) is 2.85. The molecule has 1 N–H and O–H groups in total. The lowest BCUT2D eigenvalue weighted by Gasteiger charge is -2.17. The van der Waals surface area contributed by atoms with Crippen molar-refractivity contribution in [1.82, 2.24) is 10.3 Å². The minimum Gasteiger partial charge on any atom is -0.444 e. The Labute approximate surface area is 144 Å². The lowest BCUT2D eigenvalue weighted by atomic mass is 10.1. The highest BCUT2D eigenvalue weighted by molar-refractivity contribution is 6.34. The van der Waals surface area contributed by atoms with Crippen LogP contribution in [-0.2, 0) is 11.3 Å². The SMILES string of the molecule is Cc1nc(CNC(=O)c2cc(N3CCCC3=O)ccc2Cl)oc1C. The van der Waals surface area contributed by atoms with Crippen LogP contribution in [0.4, 0.5) is 5.69 Å². The van der Waals surface area contributed by atoms with Crippen LogP contribution in [0.5, 0.6) is 0 Å². The maximum atomic E-state index is 12.4. The first-order chi connectivity index (χ1) is 11.5. The van der Waals surface area contributed by atoms with Crippen LogP contribution in [0.2, 0.25) is 5.02 Å². The van der Waals surface area contributed by atoms with E-state index in [0.29, 0.717) is 35.1 Å². The van der Waals surface area contributed by atoms with Gasteiger partial charge < -0.3 is 14.6 Å². The van der Waals surface area contributed by atoms with Gasteiger partial charge in [0, 0.05) is 18.7 Å². The van der Waals surface area contributed by atoms with Crippen molar-refractivity contribution in [2.75, 3.05) is 11.4 Å². The number of oxazole rings is 1. The summed E-state index contributed by atoms with van der Waals surface area (Å²) in [5.74, 6) is 0.906. The molecule has 1 aliphatic heterocycles. The number of anilines is 1. The van der Waals surface area contributed by atoms with Crippen molar-refractivity contribution in [3.05, 3.63) is 46.1 Å². The van der Waals surface area contributed by atoms with E-state index in [0.717, 1.165) is 17.9 Å². The molecule has 2 heterocycles. The minimum atomic E-state index is -0.331. The molecule has 0 spiro atoms. The zero-order valence-electron chi connectivity index (χ0n) is 13.6. The van der Waals surface area contributed by atoms with Gasteiger partial charge in [0.2, 0.25) is 11.8 Å². The predicted octanol–water partition coefficient (Wildman–Crippen LogP) is 3.00. The van der Waals surface area contributed by atoms with E-state index in [2.05, 4.69) is 10.3 Å². The summed E-state index contributed by atoms with van der Waals surface area (Å²) in [6.07, 6.45) is 1.36. The molecule has 2 aromatic rings. The predicted molar refractivity (Wildman–Crippen MR) is 90.2 cm³/mol. The van der Waals surface area contributed by atoms with Crippen molar-refractivity contribution < 1.29 is 14.0 Å². The number of hydrogen-bond donors (Lipinski definition) is 1. The summed E-state index contributed by atoms with van der Waals surface area (Å²) >= 11 is 6.14. The normalized spacial score (nSPS) is 14.3. The molecule has 1 fully saturated rings. The Balaban J connectivity index is 1.75. The summed E-state index contributed by atoms with van der Waals surface area (Å²) in [4.78, 5) is 30.2. The van der Waals surface area contributed by atoms with E-state index < -0.39 is 0 Å². The third-order valence-electron chi connectivity index (χ3n) is 4.05. The van der Waals surface area contributed by atoms with Gasteiger partial charge in [-0.05, 0) is 38.5 Å². The number of amides is 2. The number of rotatable bonds is 4. The van der Waals surface area contributed by atoms with Crippen molar-refractivity contribution in [2.24, 2.45) is 0 Å². The molecule has 1 aromatic heterocycles. The van der Waals surface area contributed by atoms with Crippen molar-refractivity contribution >= 4 is 29.1 Å². The molecule has 126 valence electrons. The smallest absolute Gasteiger partial charge is 0.253 e. The molecule has 3 rings (SSSR count). The molecule has 1 saturated heterocycles. The third kappa shape index (κ3) is 3.28. The Morgan fingerprint density at radius 3 is 2.83 bits per heavy atom. The molecule has 1 aromatic carbocycles. The molecule has 0 radical (unpaired) electrons. The van der Waals surface area contributed by atoms with Crippen molar-refractivity contribution in [2.45, 2.75) is 33.2 Å². The van der Waals surface area contributed by atoms with Gasteiger partial charge in [-0.2, -0.15) is 0 Å². The number of aromatic nitrogens is 1. The van der Waals surface area contributed by atoms with Gasteiger partial charge in [0.25, 0.3) is 5.91 Å². The van der Waals surface area contributed by atoms with E-state index in [1.54, 1.807) is 23.1 Å². The first-order valence-corrected chi connectivity index (χ1v) is 8.14. The monoisotopic (exact) mass is 347 g/mol. The van der Waals surface area contributed by atoms with Gasteiger partial charge in [0.15, 0.2) is 0 Å². The van der Waals surface area contributed by atoms with Gasteiger partial charge in [-0.15, -0.1) is 0 Å². The van der Waals surface area contributed by atoms with E-state index in [-0.39, 0.29) is 18.4 Å². The number of carbonyl (C=O) groups is 2. The Bertz CT molecular complexity index is 781. The topological polar surface area (TPSA) is 75.4 Å². The molecule has 6 nitrogen and oxygen atoms in total. The molecule has 2 amide bonds. The maximum absolute atomic E-state index is 12.4. The van der Waals surface area contributed by atoms with Gasteiger partial charge in [-0.1, -0.05) is 11.6 Å². The summed E-state index contributed by atoms with van der Waals surface area (Å²) in [5.41, 5.74) is 1.82. The van der Waals surface area contributed by atoms with E-state index >= 15 is 0 Å². The first kappa shape index (κ1) is 16.5. The van der Waals surface area contributed by atoms with Crippen LogP contribution in [0, 0.1) is 13.8 Å². The van der Waals surface area contributed by atoms with Gasteiger partial charge in [0.05, 0.1) is 22.8 Å². The number of benzene rings is 1. The van der Waals surface area contributed by atoms with E-state index in [9.17, 15) is 9.59 Å². The Hall–Kier alpha value is -2.34. The highest BCUT2D eigenvalue weighted by Crippen LogP contribution is 2.26. The van der Waals surface area contributed by atoms with Crippen LogP contribution in [0.1, 0.15) is 40.5 Å².